The first-order valence-electron chi connectivity index (χ1n) is 9.22. The van der Waals surface area contributed by atoms with Gasteiger partial charge in [0, 0.05) is 24.8 Å². The lowest BCUT2D eigenvalue weighted by Crippen LogP contribution is -2.35. The number of benzene rings is 3. The molecule has 0 aliphatic carbocycles. The van der Waals surface area contributed by atoms with E-state index < -0.39 is 10.0 Å². The fourth-order valence-corrected chi connectivity index (χ4v) is 4.73. The second-order valence-electron chi connectivity index (χ2n) is 7.18. The number of rotatable bonds is 3. The Labute approximate surface area is 165 Å². The van der Waals surface area contributed by atoms with Gasteiger partial charge in [-0.1, -0.05) is 30.3 Å². The van der Waals surface area contributed by atoms with Crippen molar-refractivity contribution in [2.75, 3.05) is 29.1 Å². The molecule has 0 saturated carbocycles. The lowest BCUT2D eigenvalue weighted by Gasteiger charge is -2.29. The Kier molecular flexibility index (Phi) is 4.59. The van der Waals surface area contributed by atoms with E-state index in [9.17, 15) is 13.2 Å². The zero-order chi connectivity index (χ0) is 19.9. The molecule has 1 amide bonds. The van der Waals surface area contributed by atoms with E-state index >= 15 is 0 Å². The molecule has 0 aromatic heterocycles. The first-order valence-corrected chi connectivity index (χ1v) is 11.1. The van der Waals surface area contributed by atoms with Crippen molar-refractivity contribution in [2.45, 2.75) is 12.8 Å². The maximum absolute atomic E-state index is 13.0. The minimum absolute atomic E-state index is 0.116. The van der Waals surface area contributed by atoms with Gasteiger partial charge in [-0.25, -0.2) is 8.42 Å². The highest BCUT2D eigenvalue weighted by Crippen LogP contribution is 2.31. The van der Waals surface area contributed by atoms with Crippen LogP contribution in [0.5, 0.6) is 0 Å². The molecule has 3 aromatic rings. The van der Waals surface area contributed by atoms with E-state index in [0.717, 1.165) is 34.9 Å². The summed E-state index contributed by atoms with van der Waals surface area (Å²) in [5, 5.41) is 2.20. The molecular weight excluding hydrogens is 372 g/mol. The van der Waals surface area contributed by atoms with Gasteiger partial charge in [0.15, 0.2) is 0 Å². The summed E-state index contributed by atoms with van der Waals surface area (Å²) in [6.07, 6.45) is 2.73. The number of hydrogen-bond donors (Lipinski definition) is 0. The topological polar surface area (TPSA) is 57.7 Å². The lowest BCUT2D eigenvalue weighted by molar-refractivity contribution is 0.0993. The Hall–Kier alpha value is -2.86. The van der Waals surface area contributed by atoms with Crippen LogP contribution in [0.4, 0.5) is 11.4 Å². The van der Waals surface area contributed by atoms with Gasteiger partial charge in [0.25, 0.3) is 5.91 Å². The van der Waals surface area contributed by atoms with Crippen molar-refractivity contribution in [3.63, 3.8) is 0 Å². The van der Waals surface area contributed by atoms with E-state index in [0.29, 0.717) is 17.8 Å². The molecule has 28 heavy (non-hydrogen) atoms. The zero-order valence-electron chi connectivity index (χ0n) is 15.9. The number of carbonyl (C=O) groups excluding carboxylic acids is 1. The maximum atomic E-state index is 13.0. The molecule has 0 saturated heterocycles. The fraction of sp³-hybridized carbons (Fsp3) is 0.227. The summed E-state index contributed by atoms with van der Waals surface area (Å²) in [7, 11) is -1.56. The Morgan fingerprint density at radius 3 is 2.50 bits per heavy atom. The molecule has 5 nitrogen and oxygen atoms in total. The van der Waals surface area contributed by atoms with Gasteiger partial charge in [-0.05, 0) is 59.5 Å². The second-order valence-corrected chi connectivity index (χ2v) is 9.08. The van der Waals surface area contributed by atoms with Gasteiger partial charge in [0.2, 0.25) is 10.0 Å². The van der Waals surface area contributed by atoms with E-state index in [2.05, 4.69) is 0 Å². The van der Waals surface area contributed by atoms with Gasteiger partial charge in [-0.15, -0.1) is 0 Å². The molecule has 0 unspecified atom stereocenters. The molecule has 4 rings (SSSR count). The van der Waals surface area contributed by atoms with Crippen LogP contribution in [0.1, 0.15) is 22.3 Å². The van der Waals surface area contributed by atoms with Gasteiger partial charge in [0.05, 0.1) is 11.9 Å². The second kappa shape index (κ2) is 6.95. The highest BCUT2D eigenvalue weighted by Gasteiger charge is 2.25. The number of anilines is 2. The standard InChI is InChI=1S/C22H22N2O3S/c1-23(20-11-9-16-6-3-4-7-17(16)15-20)22(25)19-10-12-21-18(14-19)8-5-13-24(21)28(2,26)27/h3-4,6-7,9-12,14-15H,5,8,13H2,1-2H3. The average molecular weight is 394 g/mol. The Morgan fingerprint density at radius 2 is 1.75 bits per heavy atom. The third-order valence-corrected chi connectivity index (χ3v) is 6.41. The molecular formula is C22H22N2O3S. The van der Waals surface area contributed by atoms with Crippen molar-refractivity contribution in [3.8, 4) is 0 Å². The summed E-state index contributed by atoms with van der Waals surface area (Å²) in [4.78, 5) is 14.7. The van der Waals surface area contributed by atoms with Crippen LogP contribution < -0.4 is 9.21 Å². The van der Waals surface area contributed by atoms with Crippen LogP contribution >= 0.6 is 0 Å². The van der Waals surface area contributed by atoms with Crippen molar-refractivity contribution >= 4 is 38.1 Å². The van der Waals surface area contributed by atoms with Gasteiger partial charge in [-0.3, -0.25) is 9.10 Å². The monoisotopic (exact) mass is 394 g/mol. The Morgan fingerprint density at radius 1 is 1.00 bits per heavy atom. The van der Waals surface area contributed by atoms with E-state index in [1.807, 2.05) is 48.5 Å². The summed E-state index contributed by atoms with van der Waals surface area (Å²) in [5.74, 6) is -0.116. The van der Waals surface area contributed by atoms with Crippen LogP contribution in [-0.4, -0.2) is 34.2 Å². The molecule has 144 valence electrons. The van der Waals surface area contributed by atoms with Crippen molar-refractivity contribution in [2.24, 2.45) is 0 Å². The number of aryl methyl sites for hydroxylation is 1. The number of hydrogen-bond acceptors (Lipinski definition) is 3. The van der Waals surface area contributed by atoms with Gasteiger partial charge < -0.3 is 4.90 Å². The number of carbonyl (C=O) groups is 1. The van der Waals surface area contributed by atoms with E-state index in [1.165, 1.54) is 10.6 Å². The Balaban J connectivity index is 1.66. The van der Waals surface area contributed by atoms with Crippen molar-refractivity contribution in [1.82, 2.24) is 0 Å². The first kappa shape index (κ1) is 18.5. The molecule has 0 fully saturated rings. The minimum atomic E-state index is -3.31. The van der Waals surface area contributed by atoms with Crippen LogP contribution in [-0.2, 0) is 16.4 Å². The first-order chi connectivity index (χ1) is 13.3. The molecule has 0 spiro atoms. The minimum Gasteiger partial charge on any atom is -0.311 e. The van der Waals surface area contributed by atoms with Crippen molar-refractivity contribution in [3.05, 3.63) is 71.8 Å². The lowest BCUT2D eigenvalue weighted by atomic mass is 10.00. The quantitative estimate of drug-likeness (QED) is 0.678. The Bertz CT molecular complexity index is 1170. The number of fused-ring (bicyclic) bond motifs is 2. The molecule has 1 heterocycles. The van der Waals surface area contributed by atoms with Crippen LogP contribution in [0.15, 0.2) is 60.7 Å². The third kappa shape index (κ3) is 3.36. The van der Waals surface area contributed by atoms with Crippen molar-refractivity contribution < 1.29 is 13.2 Å². The summed E-state index contributed by atoms with van der Waals surface area (Å²) < 4.78 is 25.5. The summed E-state index contributed by atoms with van der Waals surface area (Å²) >= 11 is 0. The molecule has 0 bridgehead atoms. The summed E-state index contributed by atoms with van der Waals surface area (Å²) in [6.45, 7) is 0.482. The van der Waals surface area contributed by atoms with Gasteiger partial charge in [0.1, 0.15) is 0 Å². The summed E-state index contributed by atoms with van der Waals surface area (Å²) in [6, 6.07) is 19.3. The predicted octanol–water partition coefficient (Wildman–Crippen LogP) is 3.83. The van der Waals surface area contributed by atoms with Crippen LogP contribution in [0.2, 0.25) is 0 Å². The molecule has 0 atom stereocenters. The van der Waals surface area contributed by atoms with Gasteiger partial charge >= 0.3 is 0 Å². The normalized spacial score (nSPS) is 14.0. The van der Waals surface area contributed by atoms with E-state index in [-0.39, 0.29) is 5.91 Å². The average Bonchev–Trinajstić information content (AvgIpc) is 2.70. The smallest absolute Gasteiger partial charge is 0.258 e. The predicted molar refractivity (Wildman–Crippen MR) is 114 cm³/mol. The number of nitrogens with zero attached hydrogens (tertiary/aromatic N) is 2. The highest BCUT2D eigenvalue weighted by atomic mass is 32.2. The van der Waals surface area contributed by atoms with E-state index in [4.69, 9.17) is 0 Å². The number of amides is 1. The molecule has 0 N–H and O–H groups in total. The maximum Gasteiger partial charge on any atom is 0.258 e. The van der Waals surface area contributed by atoms with Crippen LogP contribution in [0, 0.1) is 0 Å². The zero-order valence-corrected chi connectivity index (χ0v) is 16.7. The molecule has 6 heteroatoms. The van der Waals surface area contributed by atoms with Gasteiger partial charge in [-0.2, -0.15) is 0 Å². The third-order valence-electron chi connectivity index (χ3n) is 5.23. The molecule has 1 aliphatic heterocycles. The molecule has 3 aromatic carbocycles. The number of sulfonamides is 1. The fourth-order valence-electron chi connectivity index (χ4n) is 3.74. The highest BCUT2D eigenvalue weighted by molar-refractivity contribution is 7.92. The van der Waals surface area contributed by atoms with Crippen LogP contribution in [0.3, 0.4) is 0 Å². The SMILES string of the molecule is CN(C(=O)c1ccc2c(c1)CCCN2S(C)(=O)=O)c1ccc2ccccc2c1. The molecule has 0 radical (unpaired) electrons. The van der Waals surface area contributed by atoms with Crippen LogP contribution in [0.25, 0.3) is 10.8 Å². The molecule has 1 aliphatic rings. The van der Waals surface area contributed by atoms with E-state index in [1.54, 1.807) is 24.1 Å². The summed E-state index contributed by atoms with van der Waals surface area (Å²) in [5.41, 5.74) is 2.96. The van der Waals surface area contributed by atoms with Crippen molar-refractivity contribution in [1.29, 1.82) is 0 Å². The largest absolute Gasteiger partial charge is 0.311 e.